The summed E-state index contributed by atoms with van der Waals surface area (Å²) in [6.45, 7) is 10.7. The minimum Gasteiger partial charge on any atom is -0.399 e. The van der Waals surface area contributed by atoms with Crippen LogP contribution < -0.4 is 17.0 Å². The zero-order valence-corrected chi connectivity index (χ0v) is 14.9. The van der Waals surface area contributed by atoms with Gasteiger partial charge in [0.15, 0.2) is 0 Å². The fourth-order valence-electron chi connectivity index (χ4n) is 2.36. The third kappa shape index (κ3) is 3.75. The summed E-state index contributed by atoms with van der Waals surface area (Å²) < 4.78 is 12.0. The predicted octanol–water partition coefficient (Wildman–Crippen LogP) is 0.876. The standard InChI is InChI=1S/C16H27BN4O2/c1-11(10-21(6)19)14(18)13-8-7-12(9-20-13)17-22-15(2,3)16(4,5)23-17/h7-9H,10,18-19H2,1-6H3/b14-11-. The van der Waals surface area contributed by atoms with Gasteiger partial charge in [0, 0.05) is 25.3 Å². The van der Waals surface area contributed by atoms with Crippen molar-refractivity contribution >= 4 is 18.3 Å². The molecule has 126 valence electrons. The molecule has 1 aliphatic heterocycles. The number of nitrogens with two attached hydrogens (primary N) is 2. The molecule has 1 aliphatic rings. The zero-order chi connectivity index (χ0) is 17.4. The van der Waals surface area contributed by atoms with E-state index >= 15 is 0 Å². The lowest BCUT2D eigenvalue weighted by molar-refractivity contribution is 0.00578. The number of hydrazine groups is 1. The van der Waals surface area contributed by atoms with Crippen molar-refractivity contribution in [3.63, 3.8) is 0 Å². The highest BCUT2D eigenvalue weighted by molar-refractivity contribution is 6.62. The van der Waals surface area contributed by atoms with Crippen LogP contribution >= 0.6 is 0 Å². The van der Waals surface area contributed by atoms with E-state index in [1.54, 1.807) is 18.3 Å². The van der Waals surface area contributed by atoms with Crippen molar-refractivity contribution in [2.45, 2.75) is 45.8 Å². The average molecular weight is 318 g/mol. The molecule has 0 aliphatic carbocycles. The van der Waals surface area contributed by atoms with E-state index < -0.39 is 7.12 Å². The van der Waals surface area contributed by atoms with Gasteiger partial charge < -0.3 is 15.0 Å². The quantitative estimate of drug-likeness (QED) is 0.487. The second-order valence-electron chi connectivity index (χ2n) is 7.17. The van der Waals surface area contributed by atoms with Gasteiger partial charge in [-0.3, -0.25) is 10.8 Å². The molecule has 2 rings (SSSR count). The molecule has 0 amide bonds. The molecule has 0 saturated carbocycles. The third-order valence-electron chi connectivity index (χ3n) is 4.53. The summed E-state index contributed by atoms with van der Waals surface area (Å²) in [4.78, 5) is 4.44. The summed E-state index contributed by atoms with van der Waals surface area (Å²) in [6.07, 6.45) is 1.75. The molecule has 0 atom stereocenters. The largest absolute Gasteiger partial charge is 0.496 e. The number of hydrogen-bond donors (Lipinski definition) is 2. The summed E-state index contributed by atoms with van der Waals surface area (Å²) in [5.41, 5.74) is 8.65. The molecule has 0 unspecified atom stereocenters. The van der Waals surface area contributed by atoms with Crippen LogP contribution in [0.1, 0.15) is 40.3 Å². The highest BCUT2D eigenvalue weighted by Gasteiger charge is 2.51. The average Bonchev–Trinajstić information content (AvgIpc) is 2.66. The van der Waals surface area contributed by atoms with E-state index in [0.29, 0.717) is 12.2 Å². The first kappa shape index (κ1) is 17.9. The summed E-state index contributed by atoms with van der Waals surface area (Å²) in [5, 5.41) is 1.58. The van der Waals surface area contributed by atoms with Crippen LogP contribution in [0.5, 0.6) is 0 Å². The van der Waals surface area contributed by atoms with Crippen LogP contribution in [0.4, 0.5) is 0 Å². The number of pyridine rings is 1. The summed E-state index contributed by atoms with van der Waals surface area (Å²) in [7, 11) is 1.38. The molecule has 4 N–H and O–H groups in total. The highest BCUT2D eigenvalue weighted by atomic mass is 16.7. The number of rotatable bonds is 4. The topological polar surface area (TPSA) is 86.6 Å². The Kier molecular flexibility index (Phi) is 4.87. The van der Waals surface area contributed by atoms with Gasteiger partial charge >= 0.3 is 7.12 Å². The number of hydrogen-bond acceptors (Lipinski definition) is 6. The molecular weight excluding hydrogens is 291 g/mol. The lowest BCUT2D eigenvalue weighted by Gasteiger charge is -2.32. The Labute approximate surface area is 138 Å². The van der Waals surface area contributed by atoms with Crippen molar-refractivity contribution in [1.82, 2.24) is 9.99 Å². The predicted molar refractivity (Wildman–Crippen MR) is 93.6 cm³/mol. The first-order valence-electron chi connectivity index (χ1n) is 7.76. The molecule has 1 aromatic rings. The molecule has 1 aromatic heterocycles. The maximum Gasteiger partial charge on any atom is 0.496 e. The van der Waals surface area contributed by atoms with E-state index in [9.17, 15) is 0 Å². The lowest BCUT2D eigenvalue weighted by atomic mass is 9.80. The summed E-state index contributed by atoms with van der Waals surface area (Å²) in [6, 6.07) is 3.83. The molecule has 0 radical (unpaired) electrons. The van der Waals surface area contributed by atoms with Crippen LogP contribution in [0.15, 0.2) is 23.9 Å². The van der Waals surface area contributed by atoms with Gasteiger partial charge in [0.25, 0.3) is 0 Å². The van der Waals surface area contributed by atoms with E-state index in [1.165, 1.54) is 0 Å². The Bertz CT molecular complexity index is 581. The Morgan fingerprint density at radius 1 is 1.22 bits per heavy atom. The Hall–Kier alpha value is -1.41. The zero-order valence-electron chi connectivity index (χ0n) is 14.9. The lowest BCUT2D eigenvalue weighted by Crippen LogP contribution is -2.41. The van der Waals surface area contributed by atoms with Crippen LogP contribution in [-0.4, -0.2) is 41.9 Å². The van der Waals surface area contributed by atoms with Gasteiger partial charge in [0.1, 0.15) is 0 Å². The normalized spacial score (nSPS) is 20.8. The van der Waals surface area contributed by atoms with Crippen LogP contribution in [0.2, 0.25) is 0 Å². The maximum atomic E-state index is 6.15. The molecule has 6 nitrogen and oxygen atoms in total. The van der Waals surface area contributed by atoms with E-state index in [4.69, 9.17) is 20.9 Å². The minimum atomic E-state index is -0.414. The number of nitrogens with zero attached hydrogens (tertiary/aromatic N) is 2. The van der Waals surface area contributed by atoms with E-state index in [-0.39, 0.29) is 11.2 Å². The molecule has 23 heavy (non-hydrogen) atoms. The van der Waals surface area contributed by atoms with Crippen LogP contribution in [0.3, 0.4) is 0 Å². The van der Waals surface area contributed by atoms with E-state index in [1.807, 2.05) is 46.8 Å². The van der Waals surface area contributed by atoms with Gasteiger partial charge in [-0.1, -0.05) is 6.07 Å². The molecule has 0 spiro atoms. The van der Waals surface area contributed by atoms with Crippen LogP contribution in [0.25, 0.3) is 5.70 Å². The Morgan fingerprint density at radius 2 is 1.78 bits per heavy atom. The van der Waals surface area contributed by atoms with Crippen molar-refractivity contribution in [2.24, 2.45) is 11.6 Å². The van der Waals surface area contributed by atoms with Crippen molar-refractivity contribution in [3.05, 3.63) is 29.6 Å². The molecule has 7 heteroatoms. The fourth-order valence-corrected chi connectivity index (χ4v) is 2.36. The summed E-state index contributed by atoms with van der Waals surface area (Å²) >= 11 is 0. The first-order valence-corrected chi connectivity index (χ1v) is 7.76. The third-order valence-corrected chi connectivity index (χ3v) is 4.53. The molecular formula is C16H27BN4O2. The van der Waals surface area contributed by atoms with Crippen LogP contribution in [0, 0.1) is 0 Å². The Balaban J connectivity index is 2.18. The second-order valence-corrected chi connectivity index (χ2v) is 7.17. The number of likely N-dealkylation sites (N-methyl/N-ethyl adjacent to an activating group) is 1. The van der Waals surface area contributed by atoms with Gasteiger partial charge in [0.2, 0.25) is 0 Å². The Morgan fingerprint density at radius 3 is 2.22 bits per heavy atom. The minimum absolute atomic E-state index is 0.364. The van der Waals surface area contributed by atoms with Crippen molar-refractivity contribution in [2.75, 3.05) is 13.6 Å². The monoisotopic (exact) mass is 318 g/mol. The second kappa shape index (κ2) is 6.24. The van der Waals surface area contributed by atoms with Gasteiger partial charge in [-0.2, -0.15) is 0 Å². The smallest absolute Gasteiger partial charge is 0.399 e. The molecule has 0 aromatic carbocycles. The van der Waals surface area contributed by atoms with Crippen molar-refractivity contribution < 1.29 is 9.31 Å². The molecule has 2 heterocycles. The van der Waals surface area contributed by atoms with Gasteiger partial charge in [-0.05, 0) is 46.3 Å². The molecule has 1 saturated heterocycles. The van der Waals surface area contributed by atoms with Crippen molar-refractivity contribution in [1.29, 1.82) is 0 Å². The van der Waals surface area contributed by atoms with Gasteiger partial charge in [0.05, 0.1) is 22.6 Å². The molecule has 0 bridgehead atoms. The van der Waals surface area contributed by atoms with Crippen LogP contribution in [-0.2, 0) is 9.31 Å². The van der Waals surface area contributed by atoms with E-state index in [0.717, 1.165) is 16.7 Å². The summed E-state index contributed by atoms with van der Waals surface area (Å²) in [5.74, 6) is 5.66. The molecule has 1 fully saturated rings. The van der Waals surface area contributed by atoms with Crippen molar-refractivity contribution in [3.8, 4) is 0 Å². The maximum absolute atomic E-state index is 6.15. The highest BCUT2D eigenvalue weighted by Crippen LogP contribution is 2.36. The first-order chi connectivity index (χ1) is 10.5. The van der Waals surface area contributed by atoms with E-state index in [2.05, 4.69) is 4.98 Å². The van der Waals surface area contributed by atoms with Gasteiger partial charge in [-0.15, -0.1) is 0 Å². The van der Waals surface area contributed by atoms with Gasteiger partial charge in [-0.25, -0.2) is 5.01 Å². The number of aromatic nitrogens is 1. The SMILES string of the molecule is C/C(CN(C)N)=C(/N)c1ccc(B2OC(C)(C)C(C)(C)O2)cn1. The fraction of sp³-hybridized carbons (Fsp3) is 0.562.